The van der Waals surface area contributed by atoms with Gasteiger partial charge in [-0.3, -0.25) is 10.2 Å². The maximum Gasteiger partial charge on any atom is 0.250 e. The molecule has 1 aromatic rings. The number of carbonyl (C=O) groups is 1. The molecule has 0 aliphatic heterocycles. The van der Waals surface area contributed by atoms with Crippen LogP contribution in [0.4, 0.5) is 11.9 Å². The summed E-state index contributed by atoms with van der Waals surface area (Å²) in [5.74, 6) is 0.538. The number of nitrogens with one attached hydrogen (secondary N) is 1. The monoisotopic (exact) mass is 272 g/mol. The van der Waals surface area contributed by atoms with Crippen LogP contribution in [-0.2, 0) is 4.79 Å². The Labute approximate surface area is 111 Å². The highest BCUT2D eigenvalue weighted by Crippen LogP contribution is 2.15. The summed E-state index contributed by atoms with van der Waals surface area (Å²) in [6.45, 7) is 5.23. The predicted octanol–water partition coefficient (Wildman–Crippen LogP) is 0.857. The van der Waals surface area contributed by atoms with Gasteiger partial charge >= 0.3 is 0 Å². The average Bonchev–Trinajstić information content (AvgIpc) is 2.24. The van der Waals surface area contributed by atoms with Gasteiger partial charge in [0.05, 0.1) is 0 Å². The summed E-state index contributed by atoms with van der Waals surface area (Å²) in [6.07, 6.45) is 0. The van der Waals surface area contributed by atoms with Gasteiger partial charge in [-0.2, -0.15) is 15.0 Å². The van der Waals surface area contributed by atoms with Crippen molar-refractivity contribution < 1.29 is 4.79 Å². The Hall–Kier alpha value is -1.63. The van der Waals surface area contributed by atoms with Crippen molar-refractivity contribution in [2.75, 3.05) is 24.0 Å². The third-order valence-corrected chi connectivity index (χ3v) is 2.16. The van der Waals surface area contributed by atoms with E-state index in [1.165, 1.54) is 6.92 Å². The Morgan fingerprint density at radius 3 is 2.22 bits per heavy atom. The van der Waals surface area contributed by atoms with Crippen LogP contribution in [0.5, 0.6) is 0 Å². The predicted molar refractivity (Wildman–Crippen MR) is 70.6 cm³/mol. The maximum absolute atomic E-state index is 11.2. The number of amides is 1. The zero-order chi connectivity index (χ0) is 13.9. The number of carbonyl (C=O) groups excluding carboxylic acids is 1. The van der Waals surface area contributed by atoms with Gasteiger partial charge in [0.1, 0.15) is 0 Å². The fraction of sp³-hybridized carbons (Fsp3) is 0.600. The number of hydrazine groups is 1. The summed E-state index contributed by atoms with van der Waals surface area (Å²) >= 11 is 5.85. The standard InChI is InChI=1S/C10H17ClN6O/c1-6(2)17(15-7(3)18)10-13-8(11)12-9(14-10)16(4)5/h6H,1-5H3,(H,15,18). The van der Waals surface area contributed by atoms with Gasteiger partial charge < -0.3 is 4.90 Å². The highest BCUT2D eigenvalue weighted by atomic mass is 35.5. The average molecular weight is 273 g/mol. The lowest BCUT2D eigenvalue weighted by molar-refractivity contribution is -0.119. The van der Waals surface area contributed by atoms with E-state index in [-0.39, 0.29) is 17.2 Å². The third-order valence-electron chi connectivity index (χ3n) is 1.99. The highest BCUT2D eigenvalue weighted by Gasteiger charge is 2.17. The molecule has 1 amide bonds. The molecule has 0 aliphatic carbocycles. The first kappa shape index (κ1) is 14.4. The summed E-state index contributed by atoms with van der Waals surface area (Å²) in [5, 5.41) is 1.63. The Balaban J connectivity index is 3.15. The van der Waals surface area contributed by atoms with Crippen LogP contribution in [-0.4, -0.2) is 41.0 Å². The largest absolute Gasteiger partial charge is 0.347 e. The van der Waals surface area contributed by atoms with Crippen molar-refractivity contribution >= 4 is 29.4 Å². The zero-order valence-corrected chi connectivity index (χ0v) is 11.9. The van der Waals surface area contributed by atoms with Crippen LogP contribution in [0, 0.1) is 0 Å². The van der Waals surface area contributed by atoms with Crippen molar-refractivity contribution in [3.63, 3.8) is 0 Å². The molecule has 100 valence electrons. The van der Waals surface area contributed by atoms with Crippen molar-refractivity contribution in [3.8, 4) is 0 Å². The number of rotatable bonds is 4. The molecule has 0 aliphatic rings. The lowest BCUT2D eigenvalue weighted by atomic mass is 10.4. The van der Waals surface area contributed by atoms with Crippen LogP contribution < -0.4 is 15.3 Å². The van der Waals surface area contributed by atoms with E-state index in [0.29, 0.717) is 11.9 Å². The topological polar surface area (TPSA) is 74.2 Å². The molecule has 1 heterocycles. The van der Waals surface area contributed by atoms with E-state index in [9.17, 15) is 4.79 Å². The summed E-state index contributed by atoms with van der Waals surface area (Å²) in [7, 11) is 3.60. The first-order valence-corrected chi connectivity index (χ1v) is 5.84. The normalized spacial score (nSPS) is 10.4. The minimum absolute atomic E-state index is 0.0117. The number of anilines is 2. The maximum atomic E-state index is 11.2. The van der Waals surface area contributed by atoms with Crippen LogP contribution >= 0.6 is 11.6 Å². The van der Waals surface area contributed by atoms with Crippen LogP contribution in [0.15, 0.2) is 0 Å². The second-order valence-corrected chi connectivity index (χ2v) is 4.57. The molecule has 0 bridgehead atoms. The number of hydrogen-bond acceptors (Lipinski definition) is 6. The molecule has 0 saturated carbocycles. The molecule has 0 saturated heterocycles. The van der Waals surface area contributed by atoms with E-state index >= 15 is 0 Å². The van der Waals surface area contributed by atoms with Gasteiger partial charge in [-0.15, -0.1) is 0 Å². The Bertz CT molecular complexity index is 436. The lowest BCUT2D eigenvalue weighted by Gasteiger charge is -2.26. The van der Waals surface area contributed by atoms with Crippen LogP contribution in [0.1, 0.15) is 20.8 Å². The molecule has 0 spiro atoms. The van der Waals surface area contributed by atoms with Gasteiger partial charge in [0.25, 0.3) is 5.95 Å². The number of hydrogen-bond donors (Lipinski definition) is 1. The Morgan fingerprint density at radius 1 is 1.22 bits per heavy atom. The number of halogens is 1. The molecule has 0 fully saturated rings. The summed E-state index contributed by atoms with van der Waals surface area (Å²) in [5.41, 5.74) is 2.65. The van der Waals surface area contributed by atoms with E-state index < -0.39 is 0 Å². The SMILES string of the molecule is CC(=O)NN(c1nc(Cl)nc(N(C)C)n1)C(C)C. The summed E-state index contributed by atoms with van der Waals surface area (Å²) in [6, 6.07) is -0.0117. The molecular formula is C10H17ClN6O. The van der Waals surface area contributed by atoms with Crippen molar-refractivity contribution in [2.45, 2.75) is 26.8 Å². The fourth-order valence-electron chi connectivity index (χ4n) is 1.22. The molecular weight excluding hydrogens is 256 g/mol. The number of nitrogens with zero attached hydrogens (tertiary/aromatic N) is 5. The van der Waals surface area contributed by atoms with Crippen molar-refractivity contribution in [2.24, 2.45) is 0 Å². The summed E-state index contributed by atoms with van der Waals surface area (Å²) in [4.78, 5) is 25.1. The molecule has 1 N–H and O–H groups in total. The van der Waals surface area contributed by atoms with E-state index in [1.54, 1.807) is 24.0 Å². The summed E-state index contributed by atoms with van der Waals surface area (Å²) < 4.78 is 0. The van der Waals surface area contributed by atoms with E-state index in [4.69, 9.17) is 11.6 Å². The molecule has 1 rings (SSSR count). The lowest BCUT2D eigenvalue weighted by Crippen LogP contribution is -2.47. The zero-order valence-electron chi connectivity index (χ0n) is 11.1. The first-order chi connectivity index (χ1) is 8.31. The molecule has 8 heteroatoms. The van der Waals surface area contributed by atoms with Crippen LogP contribution in [0.25, 0.3) is 0 Å². The molecule has 1 aromatic heterocycles. The minimum Gasteiger partial charge on any atom is -0.347 e. The molecule has 18 heavy (non-hydrogen) atoms. The molecule has 0 atom stereocenters. The van der Waals surface area contributed by atoms with Crippen molar-refractivity contribution in [1.29, 1.82) is 0 Å². The van der Waals surface area contributed by atoms with Crippen LogP contribution in [0.3, 0.4) is 0 Å². The van der Waals surface area contributed by atoms with Crippen molar-refractivity contribution in [1.82, 2.24) is 20.4 Å². The van der Waals surface area contributed by atoms with Gasteiger partial charge in [-0.1, -0.05) is 0 Å². The first-order valence-electron chi connectivity index (χ1n) is 5.46. The van der Waals surface area contributed by atoms with Gasteiger partial charge in [-0.25, -0.2) is 5.01 Å². The van der Waals surface area contributed by atoms with E-state index in [0.717, 1.165) is 0 Å². The molecule has 0 radical (unpaired) electrons. The quantitative estimate of drug-likeness (QED) is 0.820. The van der Waals surface area contributed by atoms with Gasteiger partial charge in [-0.05, 0) is 25.4 Å². The van der Waals surface area contributed by atoms with Gasteiger partial charge in [0.15, 0.2) is 0 Å². The highest BCUT2D eigenvalue weighted by molar-refractivity contribution is 6.28. The fourth-order valence-corrected chi connectivity index (χ4v) is 1.37. The van der Waals surface area contributed by atoms with Crippen molar-refractivity contribution in [3.05, 3.63) is 5.28 Å². The molecule has 0 aromatic carbocycles. The third kappa shape index (κ3) is 3.69. The van der Waals surface area contributed by atoms with Crippen LogP contribution in [0.2, 0.25) is 5.28 Å². The van der Waals surface area contributed by atoms with Gasteiger partial charge in [0, 0.05) is 27.1 Å². The molecule has 7 nitrogen and oxygen atoms in total. The Kier molecular flexibility index (Phi) is 4.66. The number of aromatic nitrogens is 3. The minimum atomic E-state index is -0.202. The van der Waals surface area contributed by atoms with Gasteiger partial charge in [0.2, 0.25) is 17.1 Å². The Morgan fingerprint density at radius 2 is 1.78 bits per heavy atom. The smallest absolute Gasteiger partial charge is 0.250 e. The van der Waals surface area contributed by atoms with E-state index in [1.807, 2.05) is 13.8 Å². The second kappa shape index (κ2) is 5.81. The van der Waals surface area contributed by atoms with E-state index in [2.05, 4.69) is 20.4 Å². The second-order valence-electron chi connectivity index (χ2n) is 4.23. The molecule has 0 unspecified atom stereocenters.